The first-order valence-corrected chi connectivity index (χ1v) is 11.4. The van der Waals surface area contributed by atoms with E-state index in [2.05, 4.69) is 15.2 Å². The van der Waals surface area contributed by atoms with Gasteiger partial charge in [0, 0.05) is 40.6 Å². The Balaban J connectivity index is 1.48. The van der Waals surface area contributed by atoms with Crippen LogP contribution in [0.4, 0.5) is 13.2 Å². The van der Waals surface area contributed by atoms with Crippen molar-refractivity contribution in [1.29, 1.82) is 0 Å². The van der Waals surface area contributed by atoms with Gasteiger partial charge in [-0.05, 0) is 70.1 Å². The van der Waals surface area contributed by atoms with Gasteiger partial charge in [-0.1, -0.05) is 11.6 Å². The third-order valence-electron chi connectivity index (χ3n) is 7.14. The topological polar surface area (TPSA) is 65.2 Å². The lowest BCUT2D eigenvalue weighted by Gasteiger charge is -2.40. The molecule has 0 radical (unpaired) electrons. The van der Waals surface area contributed by atoms with Gasteiger partial charge in [0.1, 0.15) is 5.56 Å². The Morgan fingerprint density at radius 2 is 1.85 bits per heavy atom. The molecule has 2 bridgehead atoms. The monoisotopic (exact) mass is 457 g/mol. The number of carbonyl (C=O) groups is 1. The van der Waals surface area contributed by atoms with Crippen LogP contribution in [-0.2, 0) is 0 Å². The third kappa shape index (κ3) is 3.96. The van der Waals surface area contributed by atoms with Crippen molar-refractivity contribution in [1.82, 2.24) is 15.2 Å². The number of nitrogens with zero attached hydrogens (tertiary/aromatic N) is 1. The summed E-state index contributed by atoms with van der Waals surface area (Å²) >= 11 is 0. The normalized spacial score (nSPS) is 23.2. The van der Waals surface area contributed by atoms with Gasteiger partial charge < -0.3 is 15.2 Å². The van der Waals surface area contributed by atoms with Crippen molar-refractivity contribution in [3.05, 3.63) is 68.8 Å². The molecule has 2 atom stereocenters. The van der Waals surface area contributed by atoms with Gasteiger partial charge in [0.05, 0.1) is 5.57 Å². The lowest BCUT2D eigenvalue weighted by Crippen LogP contribution is -2.40. The number of fused-ring (bicyclic) bond motifs is 3. The number of piperidine rings is 1. The average molecular weight is 457 g/mol. The summed E-state index contributed by atoms with van der Waals surface area (Å²) in [5.74, 6) is -0.828. The lowest BCUT2D eigenvalue weighted by molar-refractivity contribution is -0.0899. The zero-order valence-corrected chi connectivity index (χ0v) is 18.4. The van der Waals surface area contributed by atoms with Crippen molar-refractivity contribution in [2.75, 3.05) is 0 Å². The number of allylic oxidation sites excluding steroid dienone is 4. The van der Waals surface area contributed by atoms with Gasteiger partial charge in [0.25, 0.3) is 5.91 Å². The highest BCUT2D eigenvalue weighted by Gasteiger charge is 2.42. The van der Waals surface area contributed by atoms with Crippen molar-refractivity contribution < 1.29 is 18.0 Å². The first-order valence-electron chi connectivity index (χ1n) is 11.4. The smallest absolute Gasteiger partial charge is 0.369 e. The van der Waals surface area contributed by atoms with Crippen LogP contribution in [0.2, 0.25) is 0 Å². The van der Waals surface area contributed by atoms with E-state index in [9.17, 15) is 22.8 Å². The fraction of sp³-hybridized carbons (Fsp3) is 0.440. The second-order valence-corrected chi connectivity index (χ2v) is 9.28. The van der Waals surface area contributed by atoms with Gasteiger partial charge in [0.15, 0.2) is 0 Å². The molecule has 0 saturated carbocycles. The predicted molar refractivity (Wildman–Crippen MR) is 120 cm³/mol. The maximum atomic E-state index is 14.0. The number of H-pyrrole nitrogens is 1. The molecule has 1 aromatic heterocycles. The zero-order valence-electron chi connectivity index (χ0n) is 18.4. The molecule has 0 spiro atoms. The number of aromatic amines is 1. The Hall–Kier alpha value is -3.03. The number of hydrogen-bond donors (Lipinski definition) is 2. The summed E-state index contributed by atoms with van der Waals surface area (Å²) in [4.78, 5) is 30.8. The number of pyridine rings is 1. The van der Waals surface area contributed by atoms with Crippen LogP contribution < -0.4 is 10.7 Å². The number of carbonyl (C=O) groups excluding carboxylic acids is 1. The Kier molecular flexibility index (Phi) is 5.34. The summed E-state index contributed by atoms with van der Waals surface area (Å²) in [6.45, 7) is 1.83. The number of nitrogens with one attached hydrogen (secondary N) is 2. The standard InChI is InChI=1S/C25H26F3N3O2/c1-14-5-9-21-18(11-14)23(32)19(13-29-21)24(33)30-22-10-8-17(12-20(22)25(26,27)28)31-15-3-2-4-16(31)7-6-15/h5,9,11-13,15-16H,2-4,6-8,10H2,1H3,(H,29,32)(H,30,33). The molecule has 3 heterocycles. The predicted octanol–water partition coefficient (Wildman–Crippen LogP) is 5.08. The molecular weight excluding hydrogens is 431 g/mol. The summed E-state index contributed by atoms with van der Waals surface area (Å²) in [6.07, 6.45) is 3.62. The van der Waals surface area contributed by atoms with E-state index in [4.69, 9.17) is 0 Å². The third-order valence-corrected chi connectivity index (χ3v) is 7.14. The molecule has 3 aliphatic rings. The summed E-state index contributed by atoms with van der Waals surface area (Å²) in [5, 5.41) is 2.74. The summed E-state index contributed by atoms with van der Waals surface area (Å²) < 4.78 is 42.0. The average Bonchev–Trinajstić information content (AvgIpc) is 3.02. The molecule has 2 saturated heterocycles. The highest BCUT2D eigenvalue weighted by Crippen LogP contribution is 2.43. The van der Waals surface area contributed by atoms with Gasteiger partial charge in [-0.3, -0.25) is 9.59 Å². The number of hydrogen-bond acceptors (Lipinski definition) is 3. The van der Waals surface area contributed by atoms with Crippen LogP contribution in [0.1, 0.15) is 60.9 Å². The molecule has 5 nitrogen and oxygen atoms in total. The number of rotatable bonds is 3. The molecule has 5 rings (SSSR count). The van der Waals surface area contributed by atoms with Crippen LogP contribution >= 0.6 is 0 Å². The minimum absolute atomic E-state index is 0.0763. The molecule has 2 aliphatic heterocycles. The molecule has 2 N–H and O–H groups in total. The van der Waals surface area contributed by atoms with Gasteiger partial charge in [0.2, 0.25) is 5.43 Å². The quantitative estimate of drug-likeness (QED) is 0.676. The van der Waals surface area contributed by atoms with Gasteiger partial charge in [-0.25, -0.2) is 0 Å². The number of benzene rings is 1. The van der Waals surface area contributed by atoms with E-state index < -0.39 is 23.1 Å². The zero-order chi connectivity index (χ0) is 23.3. The first kappa shape index (κ1) is 21.8. The van der Waals surface area contributed by atoms with E-state index in [0.717, 1.165) is 37.7 Å². The minimum Gasteiger partial charge on any atom is -0.369 e. The number of aryl methyl sites for hydroxylation is 1. The largest absolute Gasteiger partial charge is 0.418 e. The fourth-order valence-electron chi connectivity index (χ4n) is 5.59. The molecule has 8 heteroatoms. The maximum Gasteiger partial charge on any atom is 0.418 e. The molecule has 1 amide bonds. The first-order chi connectivity index (χ1) is 15.7. The Bertz CT molecular complexity index is 1230. The SMILES string of the molecule is Cc1ccc2[nH]cc(C(=O)NC3=C(C(F)(F)F)C=C(N4C5CCCC4CC5)CC3)c(=O)c2c1. The Morgan fingerprint density at radius 3 is 2.55 bits per heavy atom. The van der Waals surface area contributed by atoms with Crippen LogP contribution in [0, 0.1) is 6.92 Å². The summed E-state index contributed by atoms with van der Waals surface area (Å²) in [5.41, 5.74) is 0.427. The van der Waals surface area contributed by atoms with E-state index >= 15 is 0 Å². The van der Waals surface area contributed by atoms with Crippen LogP contribution in [0.25, 0.3) is 10.9 Å². The van der Waals surface area contributed by atoms with Gasteiger partial charge in [-0.2, -0.15) is 13.2 Å². The molecule has 2 aromatic rings. The Morgan fingerprint density at radius 1 is 1.12 bits per heavy atom. The van der Waals surface area contributed by atoms with E-state index in [1.807, 2.05) is 13.0 Å². The van der Waals surface area contributed by atoms with Crippen molar-refractivity contribution in [3.8, 4) is 0 Å². The Labute approximate surface area is 189 Å². The molecule has 33 heavy (non-hydrogen) atoms. The number of aromatic nitrogens is 1. The van der Waals surface area contributed by atoms with Crippen molar-refractivity contribution in [2.24, 2.45) is 0 Å². The van der Waals surface area contributed by atoms with E-state index in [1.165, 1.54) is 12.3 Å². The fourth-order valence-corrected chi connectivity index (χ4v) is 5.59. The maximum absolute atomic E-state index is 14.0. The minimum atomic E-state index is -4.60. The van der Waals surface area contributed by atoms with E-state index in [0.29, 0.717) is 35.1 Å². The van der Waals surface area contributed by atoms with E-state index in [-0.39, 0.29) is 17.7 Å². The van der Waals surface area contributed by atoms with Crippen LogP contribution in [-0.4, -0.2) is 34.1 Å². The summed E-state index contributed by atoms with van der Waals surface area (Å²) in [7, 11) is 0. The van der Waals surface area contributed by atoms with Crippen LogP contribution in [0.5, 0.6) is 0 Å². The van der Waals surface area contributed by atoms with Gasteiger partial charge in [-0.15, -0.1) is 0 Å². The number of alkyl halides is 3. The molecule has 1 aliphatic carbocycles. The van der Waals surface area contributed by atoms with Gasteiger partial charge >= 0.3 is 6.18 Å². The van der Waals surface area contributed by atoms with Crippen molar-refractivity contribution >= 4 is 16.8 Å². The number of amides is 1. The second-order valence-electron chi connectivity index (χ2n) is 9.28. The molecule has 2 fully saturated rings. The van der Waals surface area contributed by atoms with Crippen LogP contribution in [0.15, 0.2) is 52.2 Å². The van der Waals surface area contributed by atoms with Crippen molar-refractivity contribution in [2.45, 2.75) is 70.1 Å². The molecule has 1 aromatic carbocycles. The second kappa shape index (κ2) is 8.08. The highest BCUT2D eigenvalue weighted by molar-refractivity contribution is 5.98. The van der Waals surface area contributed by atoms with Crippen molar-refractivity contribution in [3.63, 3.8) is 0 Å². The van der Waals surface area contributed by atoms with Crippen LogP contribution in [0.3, 0.4) is 0 Å². The number of halogens is 3. The lowest BCUT2D eigenvalue weighted by atomic mass is 9.95. The summed E-state index contributed by atoms with van der Waals surface area (Å²) in [6, 6.07) is 5.87. The molecule has 174 valence electrons. The van der Waals surface area contributed by atoms with E-state index in [1.54, 1.807) is 12.1 Å². The molecular formula is C25H26F3N3O2. The molecule has 2 unspecified atom stereocenters. The highest BCUT2D eigenvalue weighted by atomic mass is 19.4.